The average Bonchev–Trinajstić information content (AvgIpc) is 3.45. The number of carbonyl (C=O) groups is 2. The van der Waals surface area contributed by atoms with Crippen molar-refractivity contribution in [2.45, 2.75) is 36.4 Å². The Balaban J connectivity index is 1.49. The minimum atomic E-state index is -4.21. The van der Waals surface area contributed by atoms with Crippen molar-refractivity contribution in [2.75, 3.05) is 25.5 Å². The third-order valence-electron chi connectivity index (χ3n) is 7.41. The molecule has 2 amide bonds. The van der Waals surface area contributed by atoms with Crippen molar-refractivity contribution in [1.29, 1.82) is 0 Å². The highest BCUT2D eigenvalue weighted by atomic mass is 32.2. The van der Waals surface area contributed by atoms with Crippen LogP contribution in [0.4, 0.5) is 10.5 Å². The predicted molar refractivity (Wildman–Crippen MR) is 146 cm³/mol. The van der Waals surface area contributed by atoms with E-state index in [1.165, 1.54) is 4.90 Å². The molecule has 0 aliphatic carbocycles. The zero-order valence-electron chi connectivity index (χ0n) is 21.5. The molecule has 0 bridgehead atoms. The number of likely N-dealkylation sites (tertiary alicyclic amines) is 1. The molecule has 0 unspecified atom stereocenters. The fourth-order valence-electron chi connectivity index (χ4n) is 5.73. The molecule has 0 spiro atoms. The number of carbonyl (C=O) groups excluding carboxylic acids is 2. The largest absolute Gasteiger partial charge is 0.445 e. The van der Waals surface area contributed by atoms with Gasteiger partial charge in [-0.05, 0) is 30.5 Å². The van der Waals surface area contributed by atoms with Crippen molar-refractivity contribution < 1.29 is 22.7 Å². The Hall–Kier alpha value is -3.85. The van der Waals surface area contributed by atoms with Gasteiger partial charge in [0.25, 0.3) is 10.0 Å². The monoisotopic (exact) mass is 533 g/mol. The molecule has 0 radical (unpaired) electrons. The first-order valence-electron chi connectivity index (χ1n) is 12.6. The summed E-state index contributed by atoms with van der Waals surface area (Å²) in [6.45, 7) is 4.17. The summed E-state index contributed by atoms with van der Waals surface area (Å²) >= 11 is 0. The van der Waals surface area contributed by atoms with Crippen molar-refractivity contribution in [3.63, 3.8) is 0 Å². The standard InChI is InChI=1S/C29H31N3O5S/c1-4-10-23-27-25(17-18-31(27)29(34)37-19-20-11-6-5-7-12-20)32(28(23)33)38(35,36)26-16-9-13-21-22(26)14-8-15-24(21)30(2)3/h4-9,11-16,23,25,27H,1,10,17-19H2,2-3H3/t23-,25+,27-/m1/s1. The van der Waals surface area contributed by atoms with Crippen LogP contribution in [0.5, 0.6) is 0 Å². The number of fused-ring (bicyclic) bond motifs is 2. The van der Waals surface area contributed by atoms with Crippen molar-refractivity contribution in [3.8, 4) is 0 Å². The van der Waals surface area contributed by atoms with E-state index in [-0.39, 0.29) is 17.9 Å². The van der Waals surface area contributed by atoms with Crippen LogP contribution in [0.25, 0.3) is 10.8 Å². The molecule has 2 saturated heterocycles. The molecule has 9 heteroatoms. The smallest absolute Gasteiger partial charge is 0.410 e. The van der Waals surface area contributed by atoms with E-state index in [1.54, 1.807) is 24.3 Å². The zero-order chi connectivity index (χ0) is 27.0. The summed E-state index contributed by atoms with van der Waals surface area (Å²) in [7, 11) is -0.420. The number of allylic oxidation sites excluding steroid dienone is 1. The number of benzene rings is 3. The van der Waals surface area contributed by atoms with Crippen molar-refractivity contribution >= 4 is 38.5 Å². The molecule has 38 heavy (non-hydrogen) atoms. The van der Waals surface area contributed by atoms with Crippen LogP contribution in [0.15, 0.2) is 84.3 Å². The van der Waals surface area contributed by atoms with Gasteiger partial charge in [-0.2, -0.15) is 0 Å². The van der Waals surface area contributed by atoms with Crippen molar-refractivity contribution in [3.05, 3.63) is 84.9 Å². The zero-order valence-corrected chi connectivity index (χ0v) is 22.3. The molecule has 0 saturated carbocycles. The van der Waals surface area contributed by atoms with Crippen LogP contribution >= 0.6 is 0 Å². The van der Waals surface area contributed by atoms with Crippen LogP contribution in [0, 0.1) is 5.92 Å². The number of hydrogen-bond acceptors (Lipinski definition) is 6. The highest BCUT2D eigenvalue weighted by Gasteiger charge is 2.58. The lowest BCUT2D eigenvalue weighted by Gasteiger charge is -2.26. The molecule has 3 aromatic carbocycles. The van der Waals surface area contributed by atoms with E-state index in [0.29, 0.717) is 18.4 Å². The first-order chi connectivity index (χ1) is 18.3. The second kappa shape index (κ2) is 10.1. The number of amides is 2. The van der Waals surface area contributed by atoms with Gasteiger partial charge in [-0.25, -0.2) is 17.5 Å². The van der Waals surface area contributed by atoms with Gasteiger partial charge in [0, 0.05) is 37.1 Å². The summed E-state index contributed by atoms with van der Waals surface area (Å²) in [5.74, 6) is -1.23. The lowest BCUT2D eigenvalue weighted by Crippen LogP contribution is -2.43. The molecule has 5 rings (SSSR count). The third-order valence-corrected chi connectivity index (χ3v) is 9.29. The molecule has 2 aliphatic rings. The fourth-order valence-corrected chi connectivity index (χ4v) is 7.61. The first-order valence-corrected chi connectivity index (χ1v) is 14.0. The highest BCUT2D eigenvalue weighted by Crippen LogP contribution is 2.43. The second-order valence-corrected chi connectivity index (χ2v) is 11.7. The van der Waals surface area contributed by atoms with Gasteiger partial charge in [0.1, 0.15) is 6.61 Å². The maximum atomic E-state index is 14.2. The SMILES string of the molecule is C=CC[C@H]1C(=O)N(S(=O)(=O)c2cccc3c(N(C)C)cccc23)[C@H]2CCN(C(=O)OCc3ccccc3)[C@H]12. The molecule has 198 valence electrons. The minimum Gasteiger partial charge on any atom is -0.445 e. The Kier molecular flexibility index (Phi) is 6.88. The van der Waals surface area contributed by atoms with Crippen molar-refractivity contribution in [1.82, 2.24) is 9.21 Å². The van der Waals surface area contributed by atoms with Crippen LogP contribution in [-0.2, 0) is 26.2 Å². The minimum absolute atomic E-state index is 0.0788. The molecule has 0 aromatic heterocycles. The number of hydrogen-bond donors (Lipinski definition) is 0. The molecule has 8 nitrogen and oxygen atoms in total. The predicted octanol–water partition coefficient (Wildman–Crippen LogP) is 4.41. The summed E-state index contributed by atoms with van der Waals surface area (Å²) in [6.07, 6.45) is 1.65. The van der Waals surface area contributed by atoms with E-state index in [0.717, 1.165) is 20.9 Å². The van der Waals surface area contributed by atoms with Gasteiger partial charge in [-0.1, -0.05) is 60.7 Å². The Bertz CT molecular complexity index is 1490. The van der Waals surface area contributed by atoms with Gasteiger partial charge in [0.05, 0.1) is 22.9 Å². The van der Waals surface area contributed by atoms with E-state index in [2.05, 4.69) is 6.58 Å². The molecule has 3 atom stereocenters. The van der Waals surface area contributed by atoms with Crippen LogP contribution in [-0.4, -0.2) is 62.3 Å². The topological polar surface area (TPSA) is 87.2 Å². The number of nitrogens with zero attached hydrogens (tertiary/aromatic N) is 3. The molecular formula is C29H31N3O5S. The fraction of sp³-hybridized carbons (Fsp3) is 0.310. The average molecular weight is 534 g/mol. The maximum absolute atomic E-state index is 14.2. The molecule has 3 aromatic rings. The van der Waals surface area contributed by atoms with E-state index in [1.807, 2.05) is 67.5 Å². The third kappa shape index (κ3) is 4.30. The van der Waals surface area contributed by atoms with E-state index >= 15 is 0 Å². The Labute approximate surface area is 223 Å². The molecule has 0 N–H and O–H groups in total. The van der Waals surface area contributed by atoms with Crippen molar-refractivity contribution in [2.24, 2.45) is 5.92 Å². The second-order valence-electron chi connectivity index (χ2n) is 9.87. The molecular weight excluding hydrogens is 502 g/mol. The normalized spacial score (nSPS) is 21.0. The van der Waals surface area contributed by atoms with Gasteiger partial charge >= 0.3 is 6.09 Å². The number of anilines is 1. The van der Waals surface area contributed by atoms with Crippen LogP contribution in [0.3, 0.4) is 0 Å². The molecule has 2 heterocycles. The quantitative estimate of drug-likeness (QED) is 0.418. The summed E-state index contributed by atoms with van der Waals surface area (Å²) in [4.78, 5) is 30.3. The lowest BCUT2D eigenvalue weighted by molar-refractivity contribution is -0.128. The molecule has 2 aliphatic heterocycles. The van der Waals surface area contributed by atoms with Gasteiger partial charge in [-0.15, -0.1) is 6.58 Å². The van der Waals surface area contributed by atoms with Gasteiger partial charge < -0.3 is 14.5 Å². The Morgan fingerprint density at radius 1 is 1.05 bits per heavy atom. The van der Waals surface area contributed by atoms with Gasteiger partial charge in [0.2, 0.25) is 5.91 Å². The van der Waals surface area contributed by atoms with Crippen LogP contribution in [0.2, 0.25) is 0 Å². The maximum Gasteiger partial charge on any atom is 0.410 e. The summed E-state index contributed by atoms with van der Waals surface area (Å²) in [5, 5.41) is 1.33. The lowest BCUT2D eigenvalue weighted by atomic mass is 9.96. The Morgan fingerprint density at radius 2 is 1.76 bits per heavy atom. The first kappa shape index (κ1) is 25.8. The summed E-state index contributed by atoms with van der Waals surface area (Å²) in [6, 6.07) is 18.6. The van der Waals surface area contributed by atoms with Crippen LogP contribution in [0.1, 0.15) is 18.4 Å². The molecule has 2 fully saturated rings. The number of ether oxygens (including phenoxy) is 1. The van der Waals surface area contributed by atoms with E-state index in [4.69, 9.17) is 4.74 Å². The number of sulfonamides is 1. The Morgan fingerprint density at radius 3 is 2.47 bits per heavy atom. The summed E-state index contributed by atoms with van der Waals surface area (Å²) < 4.78 is 34.9. The van der Waals surface area contributed by atoms with Crippen LogP contribution < -0.4 is 4.90 Å². The number of rotatable bonds is 7. The van der Waals surface area contributed by atoms with E-state index < -0.39 is 40.0 Å². The van der Waals surface area contributed by atoms with Gasteiger partial charge in [0.15, 0.2) is 0 Å². The summed E-state index contributed by atoms with van der Waals surface area (Å²) in [5.41, 5.74) is 1.72. The highest BCUT2D eigenvalue weighted by molar-refractivity contribution is 7.90. The van der Waals surface area contributed by atoms with E-state index in [9.17, 15) is 18.0 Å². The van der Waals surface area contributed by atoms with Gasteiger partial charge in [-0.3, -0.25) is 4.79 Å².